The number of hydrogen-bond donors (Lipinski definition) is 2. The van der Waals surface area contributed by atoms with Crippen LogP contribution < -0.4 is 20.5 Å². The summed E-state index contributed by atoms with van der Waals surface area (Å²) in [6, 6.07) is 5.27. The van der Waals surface area contributed by atoms with Crippen molar-refractivity contribution in [1.29, 1.82) is 0 Å². The van der Waals surface area contributed by atoms with Crippen molar-refractivity contribution in [3.63, 3.8) is 0 Å². The highest BCUT2D eigenvalue weighted by molar-refractivity contribution is 5.97. The Labute approximate surface area is 143 Å². The van der Waals surface area contributed by atoms with E-state index < -0.39 is 0 Å². The van der Waals surface area contributed by atoms with Gasteiger partial charge in [0.2, 0.25) is 0 Å². The van der Waals surface area contributed by atoms with Gasteiger partial charge >= 0.3 is 0 Å². The van der Waals surface area contributed by atoms with E-state index in [-0.39, 0.29) is 12.0 Å². The minimum Gasteiger partial charge on any atom is -0.493 e. The Kier molecular flexibility index (Phi) is 7.30. The number of amides is 1. The van der Waals surface area contributed by atoms with Crippen LogP contribution in [0.25, 0.3) is 0 Å². The van der Waals surface area contributed by atoms with Gasteiger partial charge in [-0.3, -0.25) is 4.79 Å². The second kappa shape index (κ2) is 9.46. The highest BCUT2D eigenvalue weighted by Crippen LogP contribution is 2.31. The Hall–Kier alpha value is -1.83. The predicted molar refractivity (Wildman–Crippen MR) is 91.7 cm³/mol. The van der Waals surface area contributed by atoms with Gasteiger partial charge in [-0.15, -0.1) is 0 Å². The molecule has 1 aliphatic heterocycles. The summed E-state index contributed by atoms with van der Waals surface area (Å²) in [5.41, 5.74) is 5.95. The van der Waals surface area contributed by atoms with Crippen molar-refractivity contribution in [3.8, 4) is 11.5 Å². The molecule has 1 aromatic carbocycles. The molecule has 134 valence electrons. The zero-order chi connectivity index (χ0) is 17.4. The monoisotopic (exact) mass is 337 g/mol. The summed E-state index contributed by atoms with van der Waals surface area (Å²) in [6.07, 6.45) is 0.710. The smallest absolute Gasteiger partial charge is 0.255 e. The molecule has 1 atom stereocenters. The quantitative estimate of drug-likeness (QED) is 0.671. The molecule has 0 spiro atoms. The Balaban J connectivity index is 2.01. The third-order valence-corrected chi connectivity index (χ3v) is 3.87. The second-order valence-electron chi connectivity index (χ2n) is 5.79. The molecule has 0 aliphatic carbocycles. The number of carbonyl (C=O) groups excluding carboxylic acids is 1. The maximum Gasteiger partial charge on any atom is 0.255 e. The lowest BCUT2D eigenvalue weighted by Crippen LogP contribution is -2.45. The first-order chi connectivity index (χ1) is 11.7. The zero-order valence-corrected chi connectivity index (χ0v) is 14.4. The van der Waals surface area contributed by atoms with Gasteiger partial charge in [0.25, 0.3) is 5.91 Å². The van der Waals surface area contributed by atoms with Gasteiger partial charge in [0.05, 0.1) is 32.0 Å². The van der Waals surface area contributed by atoms with Crippen LogP contribution in [0.3, 0.4) is 0 Å². The Morgan fingerprint density at radius 3 is 3.04 bits per heavy atom. The first kappa shape index (κ1) is 18.5. The van der Waals surface area contributed by atoms with Crippen LogP contribution >= 0.6 is 0 Å². The minimum atomic E-state index is -0.200. The van der Waals surface area contributed by atoms with Crippen molar-refractivity contribution < 1.29 is 19.0 Å². The van der Waals surface area contributed by atoms with E-state index in [0.717, 1.165) is 13.1 Å². The van der Waals surface area contributed by atoms with Crippen LogP contribution in [-0.2, 0) is 4.74 Å². The van der Waals surface area contributed by atoms with Crippen molar-refractivity contribution in [2.45, 2.75) is 12.5 Å². The average molecular weight is 337 g/mol. The third kappa shape index (κ3) is 5.09. The molecular weight excluding hydrogens is 310 g/mol. The first-order valence-electron chi connectivity index (χ1n) is 8.24. The molecule has 7 heteroatoms. The highest BCUT2D eigenvalue weighted by atomic mass is 16.5. The van der Waals surface area contributed by atoms with E-state index in [4.69, 9.17) is 19.9 Å². The normalized spacial score (nSPS) is 18.2. The fourth-order valence-corrected chi connectivity index (χ4v) is 2.55. The SMILES string of the molecule is COc1cccc(C(=O)NCC2CN(C)CCO2)c1OCCCN. The van der Waals surface area contributed by atoms with Crippen molar-refractivity contribution >= 4 is 5.91 Å². The molecule has 1 saturated heterocycles. The lowest BCUT2D eigenvalue weighted by molar-refractivity contribution is -0.0175. The first-order valence-corrected chi connectivity index (χ1v) is 8.24. The molecule has 2 rings (SSSR count). The lowest BCUT2D eigenvalue weighted by Gasteiger charge is -2.30. The summed E-state index contributed by atoms with van der Waals surface area (Å²) in [5.74, 6) is 0.787. The van der Waals surface area contributed by atoms with Crippen LogP contribution in [0.2, 0.25) is 0 Å². The number of nitrogens with two attached hydrogens (primary N) is 1. The van der Waals surface area contributed by atoms with Gasteiger partial charge in [-0.1, -0.05) is 6.07 Å². The van der Waals surface area contributed by atoms with Crippen LogP contribution in [-0.4, -0.2) is 70.5 Å². The summed E-state index contributed by atoms with van der Waals surface area (Å²) in [7, 11) is 3.60. The summed E-state index contributed by atoms with van der Waals surface area (Å²) < 4.78 is 16.7. The fraction of sp³-hybridized carbons (Fsp3) is 0.588. The van der Waals surface area contributed by atoms with Gasteiger partial charge in [0.15, 0.2) is 11.5 Å². The largest absolute Gasteiger partial charge is 0.493 e. The lowest BCUT2D eigenvalue weighted by atomic mass is 10.1. The molecule has 0 radical (unpaired) electrons. The number of nitrogens with zero attached hydrogens (tertiary/aromatic N) is 1. The standard InChI is InChI=1S/C17H27N3O4/c1-20-8-10-23-13(12-20)11-19-17(21)14-5-3-6-15(22-2)16(14)24-9-4-7-18/h3,5-6,13H,4,7-12,18H2,1-2H3,(H,19,21). The van der Waals surface area contributed by atoms with E-state index in [1.807, 2.05) is 7.05 Å². The summed E-state index contributed by atoms with van der Waals surface area (Å²) in [4.78, 5) is 14.7. The molecule has 0 saturated carbocycles. The molecule has 1 amide bonds. The van der Waals surface area contributed by atoms with Crippen molar-refractivity contribution in [2.24, 2.45) is 5.73 Å². The van der Waals surface area contributed by atoms with E-state index in [9.17, 15) is 4.79 Å². The van der Waals surface area contributed by atoms with Gasteiger partial charge < -0.3 is 30.2 Å². The van der Waals surface area contributed by atoms with E-state index in [2.05, 4.69) is 10.2 Å². The summed E-state index contributed by atoms with van der Waals surface area (Å²) >= 11 is 0. The number of methoxy groups -OCH3 is 1. The van der Waals surface area contributed by atoms with Crippen molar-refractivity contribution in [1.82, 2.24) is 10.2 Å². The number of morpholine rings is 1. The molecule has 1 unspecified atom stereocenters. The van der Waals surface area contributed by atoms with Crippen LogP contribution in [0.5, 0.6) is 11.5 Å². The molecule has 3 N–H and O–H groups in total. The summed E-state index contributed by atoms with van der Waals surface area (Å²) in [6.45, 7) is 3.83. The molecule has 0 bridgehead atoms. The van der Waals surface area contributed by atoms with Crippen molar-refractivity contribution in [2.75, 3.05) is 53.6 Å². The van der Waals surface area contributed by atoms with Gasteiger partial charge in [0, 0.05) is 19.6 Å². The predicted octanol–water partition coefficient (Wildman–Crippen LogP) is 0.483. The van der Waals surface area contributed by atoms with Gasteiger partial charge in [0.1, 0.15) is 0 Å². The number of ether oxygens (including phenoxy) is 3. The Morgan fingerprint density at radius 2 is 2.33 bits per heavy atom. The van der Waals surface area contributed by atoms with Gasteiger partial charge in [-0.2, -0.15) is 0 Å². The van der Waals surface area contributed by atoms with Gasteiger partial charge in [-0.05, 0) is 32.1 Å². The van der Waals surface area contributed by atoms with Crippen LogP contribution in [0.1, 0.15) is 16.8 Å². The third-order valence-electron chi connectivity index (χ3n) is 3.87. The number of nitrogens with one attached hydrogen (secondary N) is 1. The topological polar surface area (TPSA) is 86.0 Å². The molecule has 1 aromatic rings. The van der Waals surface area contributed by atoms with E-state index in [1.165, 1.54) is 0 Å². The maximum absolute atomic E-state index is 12.6. The number of carbonyl (C=O) groups is 1. The van der Waals surface area contributed by atoms with E-state index in [0.29, 0.717) is 49.8 Å². The minimum absolute atomic E-state index is 0.0000775. The van der Waals surface area contributed by atoms with Gasteiger partial charge in [-0.25, -0.2) is 0 Å². The molecule has 0 aromatic heterocycles. The molecular formula is C17H27N3O4. The number of hydrogen-bond acceptors (Lipinski definition) is 6. The number of likely N-dealkylation sites (N-methyl/N-ethyl adjacent to an activating group) is 1. The van der Waals surface area contributed by atoms with Crippen molar-refractivity contribution in [3.05, 3.63) is 23.8 Å². The van der Waals surface area contributed by atoms with E-state index >= 15 is 0 Å². The summed E-state index contributed by atoms with van der Waals surface area (Å²) in [5, 5.41) is 2.92. The average Bonchev–Trinajstić information content (AvgIpc) is 2.60. The van der Waals surface area contributed by atoms with Crippen LogP contribution in [0, 0.1) is 0 Å². The fourth-order valence-electron chi connectivity index (χ4n) is 2.55. The molecule has 1 aliphatic rings. The molecule has 24 heavy (non-hydrogen) atoms. The molecule has 7 nitrogen and oxygen atoms in total. The number of benzene rings is 1. The maximum atomic E-state index is 12.6. The molecule has 1 fully saturated rings. The zero-order valence-electron chi connectivity index (χ0n) is 14.4. The van der Waals surface area contributed by atoms with E-state index in [1.54, 1.807) is 25.3 Å². The van der Waals surface area contributed by atoms with Crippen LogP contribution in [0.15, 0.2) is 18.2 Å². The Morgan fingerprint density at radius 1 is 1.50 bits per heavy atom. The highest BCUT2D eigenvalue weighted by Gasteiger charge is 2.21. The van der Waals surface area contributed by atoms with Crippen LogP contribution in [0.4, 0.5) is 0 Å². The Bertz CT molecular complexity index is 539. The number of para-hydroxylation sites is 1. The second-order valence-corrected chi connectivity index (χ2v) is 5.79. The number of rotatable bonds is 8. The molecule has 1 heterocycles.